The number of aromatic nitrogens is 1. The molecule has 0 radical (unpaired) electrons. The molecule has 1 aromatic heterocycles. The number of carbonyl (C=O) groups is 2. The molecule has 168 valence electrons. The highest BCUT2D eigenvalue weighted by atomic mass is 19.1. The molecule has 1 atom stereocenters. The van der Waals surface area contributed by atoms with Crippen LogP contribution in [0.2, 0.25) is 0 Å². The molecule has 32 heavy (non-hydrogen) atoms. The molecule has 0 aliphatic carbocycles. The number of hydrogen-bond donors (Lipinski definition) is 1. The van der Waals surface area contributed by atoms with Crippen LogP contribution < -0.4 is 0 Å². The van der Waals surface area contributed by atoms with E-state index in [4.69, 9.17) is 4.74 Å². The molecular formula is C24H26FN3O4. The topological polar surface area (TPSA) is 83.0 Å². The highest BCUT2D eigenvalue weighted by Gasteiger charge is 2.45. The maximum atomic E-state index is 14.1. The summed E-state index contributed by atoms with van der Waals surface area (Å²) in [6.07, 6.45) is 3.83. The molecular weight excluding hydrogens is 413 g/mol. The van der Waals surface area contributed by atoms with Gasteiger partial charge in [0.25, 0.3) is 11.7 Å². The van der Waals surface area contributed by atoms with Gasteiger partial charge in [0.2, 0.25) is 0 Å². The summed E-state index contributed by atoms with van der Waals surface area (Å²) in [6, 6.07) is 6.93. The number of benzene rings is 1. The van der Waals surface area contributed by atoms with Crippen LogP contribution in [0, 0.1) is 12.7 Å². The van der Waals surface area contributed by atoms with Crippen LogP contribution in [-0.4, -0.2) is 71.0 Å². The van der Waals surface area contributed by atoms with E-state index in [1.807, 2.05) is 0 Å². The number of hydrogen-bond acceptors (Lipinski definition) is 6. The first kappa shape index (κ1) is 22.1. The molecule has 0 spiro atoms. The van der Waals surface area contributed by atoms with Crippen molar-refractivity contribution in [3.63, 3.8) is 0 Å². The quantitative estimate of drug-likeness (QED) is 0.423. The third kappa shape index (κ3) is 4.42. The zero-order valence-corrected chi connectivity index (χ0v) is 18.0. The van der Waals surface area contributed by atoms with Gasteiger partial charge in [-0.15, -0.1) is 0 Å². The Bertz CT molecular complexity index is 1030. The number of aliphatic hydroxyl groups excluding tert-OH is 1. The van der Waals surface area contributed by atoms with Crippen LogP contribution in [0.4, 0.5) is 4.39 Å². The highest BCUT2D eigenvalue weighted by molar-refractivity contribution is 6.46. The van der Waals surface area contributed by atoms with Crippen LogP contribution in [0.5, 0.6) is 0 Å². The van der Waals surface area contributed by atoms with Gasteiger partial charge >= 0.3 is 0 Å². The lowest BCUT2D eigenvalue weighted by molar-refractivity contribution is -0.140. The minimum Gasteiger partial charge on any atom is -0.507 e. The smallest absolute Gasteiger partial charge is 0.295 e. The molecule has 1 aromatic carbocycles. The first-order valence-corrected chi connectivity index (χ1v) is 10.7. The van der Waals surface area contributed by atoms with Crippen molar-refractivity contribution < 1.29 is 23.8 Å². The van der Waals surface area contributed by atoms with Crippen molar-refractivity contribution in [2.24, 2.45) is 0 Å². The SMILES string of the molecule is Cc1ccc(C(O)=C2C(=O)C(=O)N(CCCN3CCOCC3)C2c2ccncc2)cc1F. The number of carbonyl (C=O) groups excluding carboxylic acids is 2. The Morgan fingerprint density at radius 1 is 1.16 bits per heavy atom. The molecule has 0 bridgehead atoms. The molecule has 2 aliphatic heterocycles. The summed E-state index contributed by atoms with van der Waals surface area (Å²) in [6.45, 7) is 5.80. The van der Waals surface area contributed by atoms with E-state index in [1.54, 1.807) is 37.5 Å². The summed E-state index contributed by atoms with van der Waals surface area (Å²) in [7, 11) is 0. The van der Waals surface area contributed by atoms with E-state index in [-0.39, 0.29) is 16.9 Å². The molecule has 4 rings (SSSR count). The fourth-order valence-electron chi connectivity index (χ4n) is 4.19. The summed E-state index contributed by atoms with van der Waals surface area (Å²) in [5.74, 6) is -2.30. The second-order valence-electron chi connectivity index (χ2n) is 8.04. The summed E-state index contributed by atoms with van der Waals surface area (Å²) < 4.78 is 19.5. The van der Waals surface area contributed by atoms with E-state index in [0.717, 1.165) is 19.6 Å². The van der Waals surface area contributed by atoms with E-state index in [9.17, 15) is 19.1 Å². The Labute approximate surface area is 186 Å². The molecule has 1 amide bonds. The second-order valence-corrected chi connectivity index (χ2v) is 8.04. The van der Waals surface area contributed by atoms with Gasteiger partial charge in [-0.05, 0) is 42.7 Å². The first-order valence-electron chi connectivity index (χ1n) is 10.7. The Balaban J connectivity index is 1.66. The van der Waals surface area contributed by atoms with Gasteiger partial charge in [0.05, 0.1) is 24.8 Å². The van der Waals surface area contributed by atoms with Gasteiger partial charge in [-0.2, -0.15) is 0 Å². The van der Waals surface area contributed by atoms with Gasteiger partial charge in [0.15, 0.2) is 0 Å². The number of aryl methyl sites for hydroxylation is 1. The summed E-state index contributed by atoms with van der Waals surface area (Å²) in [5, 5.41) is 11.0. The molecule has 1 N–H and O–H groups in total. The van der Waals surface area contributed by atoms with Gasteiger partial charge < -0.3 is 14.7 Å². The first-order chi connectivity index (χ1) is 15.5. The summed E-state index contributed by atoms with van der Waals surface area (Å²) in [4.78, 5) is 33.7. The number of nitrogens with zero attached hydrogens (tertiary/aromatic N) is 3. The van der Waals surface area contributed by atoms with Crippen LogP contribution in [-0.2, 0) is 14.3 Å². The fraction of sp³-hybridized carbons (Fsp3) is 0.375. The number of rotatable bonds is 6. The molecule has 2 aromatic rings. The highest BCUT2D eigenvalue weighted by Crippen LogP contribution is 2.39. The largest absolute Gasteiger partial charge is 0.507 e. The normalized spacial score (nSPS) is 21.3. The van der Waals surface area contributed by atoms with Crippen molar-refractivity contribution in [2.45, 2.75) is 19.4 Å². The lowest BCUT2D eigenvalue weighted by atomic mass is 9.95. The van der Waals surface area contributed by atoms with Crippen molar-refractivity contribution in [3.8, 4) is 0 Å². The molecule has 7 nitrogen and oxygen atoms in total. The van der Waals surface area contributed by atoms with Gasteiger partial charge in [-0.1, -0.05) is 12.1 Å². The molecule has 2 fully saturated rings. The maximum absolute atomic E-state index is 14.1. The van der Waals surface area contributed by atoms with Crippen LogP contribution in [0.25, 0.3) is 5.76 Å². The number of morpholine rings is 1. The second kappa shape index (κ2) is 9.58. The minimum atomic E-state index is -0.767. The van der Waals surface area contributed by atoms with Crippen molar-refractivity contribution in [1.82, 2.24) is 14.8 Å². The predicted molar refractivity (Wildman–Crippen MR) is 116 cm³/mol. The number of likely N-dealkylation sites (tertiary alicyclic amines) is 1. The van der Waals surface area contributed by atoms with Crippen molar-refractivity contribution in [3.05, 3.63) is 70.8 Å². The molecule has 2 saturated heterocycles. The van der Waals surface area contributed by atoms with Gasteiger partial charge in [0.1, 0.15) is 11.6 Å². The number of ketones is 1. The fourth-order valence-corrected chi connectivity index (χ4v) is 4.19. The number of halogens is 1. The third-order valence-corrected chi connectivity index (χ3v) is 5.98. The number of Topliss-reactive ketones (excluding diaryl/α,β-unsaturated/α-hetero) is 1. The van der Waals surface area contributed by atoms with Crippen molar-refractivity contribution in [2.75, 3.05) is 39.4 Å². The molecule has 2 aliphatic rings. The Morgan fingerprint density at radius 2 is 1.88 bits per heavy atom. The van der Waals surface area contributed by atoms with Crippen molar-refractivity contribution in [1.29, 1.82) is 0 Å². The lowest BCUT2D eigenvalue weighted by Crippen LogP contribution is -2.38. The Kier molecular flexibility index (Phi) is 6.62. The van der Waals surface area contributed by atoms with Crippen LogP contribution in [0.1, 0.15) is 29.2 Å². The van der Waals surface area contributed by atoms with Gasteiger partial charge in [0, 0.05) is 44.1 Å². The lowest BCUT2D eigenvalue weighted by Gasteiger charge is -2.29. The van der Waals surface area contributed by atoms with E-state index >= 15 is 0 Å². The van der Waals surface area contributed by atoms with Gasteiger partial charge in [-0.3, -0.25) is 19.5 Å². The van der Waals surface area contributed by atoms with Crippen LogP contribution in [0.3, 0.4) is 0 Å². The molecule has 1 unspecified atom stereocenters. The number of pyridine rings is 1. The van der Waals surface area contributed by atoms with E-state index in [2.05, 4.69) is 9.88 Å². The third-order valence-electron chi connectivity index (χ3n) is 5.98. The Morgan fingerprint density at radius 3 is 2.56 bits per heavy atom. The minimum absolute atomic E-state index is 0.0316. The number of aliphatic hydroxyl groups is 1. The monoisotopic (exact) mass is 439 g/mol. The predicted octanol–water partition coefficient (Wildman–Crippen LogP) is 2.67. The Hall–Kier alpha value is -3.10. The number of amides is 1. The zero-order chi connectivity index (χ0) is 22.7. The van der Waals surface area contributed by atoms with E-state index in [1.165, 1.54) is 17.0 Å². The average molecular weight is 439 g/mol. The average Bonchev–Trinajstić information content (AvgIpc) is 3.06. The molecule has 8 heteroatoms. The van der Waals surface area contributed by atoms with Crippen LogP contribution in [0.15, 0.2) is 48.3 Å². The van der Waals surface area contributed by atoms with Crippen molar-refractivity contribution >= 4 is 17.4 Å². The van der Waals surface area contributed by atoms with Gasteiger partial charge in [-0.25, -0.2) is 4.39 Å². The molecule has 0 saturated carbocycles. The van der Waals surface area contributed by atoms with E-state index < -0.39 is 23.5 Å². The van der Waals surface area contributed by atoms with Crippen LogP contribution >= 0.6 is 0 Å². The summed E-state index contributed by atoms with van der Waals surface area (Å²) >= 11 is 0. The maximum Gasteiger partial charge on any atom is 0.295 e. The zero-order valence-electron chi connectivity index (χ0n) is 18.0. The summed E-state index contributed by atoms with van der Waals surface area (Å²) in [5.41, 5.74) is 1.23. The molecule has 3 heterocycles. The van der Waals surface area contributed by atoms with E-state index in [0.29, 0.717) is 37.3 Å². The number of ether oxygens (including phenoxy) is 1. The standard InChI is InChI=1S/C24H26FN3O4/c1-16-3-4-18(15-19(16)25)22(29)20-21(17-5-7-26-8-6-17)28(24(31)23(20)30)10-2-9-27-11-13-32-14-12-27/h3-8,15,21,29H,2,9-14H2,1H3.